The lowest BCUT2D eigenvalue weighted by atomic mass is 9.82. The smallest absolute Gasteiger partial charge is 0.410 e. The zero-order valence-electron chi connectivity index (χ0n) is 16.8. The van der Waals surface area contributed by atoms with Crippen molar-refractivity contribution < 1.29 is 9.53 Å². The van der Waals surface area contributed by atoms with E-state index < -0.39 is 5.60 Å². The molecule has 0 aromatic carbocycles. The second kappa shape index (κ2) is 6.23. The highest BCUT2D eigenvalue weighted by molar-refractivity contribution is 6.37. The van der Waals surface area contributed by atoms with Crippen LogP contribution in [0.4, 0.5) is 4.79 Å². The Bertz CT molecular complexity index is 1110. The van der Waals surface area contributed by atoms with Gasteiger partial charge in [-0.2, -0.15) is 5.10 Å². The van der Waals surface area contributed by atoms with Crippen LogP contribution in [0, 0.1) is 0 Å². The van der Waals surface area contributed by atoms with Crippen LogP contribution in [0.25, 0.3) is 22.3 Å². The van der Waals surface area contributed by atoms with Gasteiger partial charge in [0.2, 0.25) is 0 Å². The van der Waals surface area contributed by atoms with Crippen LogP contribution >= 0.6 is 11.6 Å². The number of likely N-dealkylation sites (tertiary alicyclic amines) is 1. The highest BCUT2D eigenvalue weighted by atomic mass is 35.5. The van der Waals surface area contributed by atoms with Gasteiger partial charge in [0.25, 0.3) is 0 Å². The van der Waals surface area contributed by atoms with Crippen molar-refractivity contribution in [3.63, 3.8) is 0 Å². The fourth-order valence-corrected chi connectivity index (χ4v) is 4.81. The molecule has 0 radical (unpaired) electrons. The Hall–Kier alpha value is -2.54. The highest BCUT2D eigenvalue weighted by Crippen LogP contribution is 2.44. The molecule has 1 saturated heterocycles. The summed E-state index contributed by atoms with van der Waals surface area (Å²) >= 11 is 6.64. The summed E-state index contributed by atoms with van der Waals surface area (Å²) in [5, 5.41) is 6.36. The van der Waals surface area contributed by atoms with E-state index in [9.17, 15) is 4.79 Å². The molecule has 2 aliphatic rings. The van der Waals surface area contributed by atoms with Crippen LogP contribution < -0.4 is 0 Å². The fourth-order valence-electron chi connectivity index (χ4n) is 4.52. The summed E-state index contributed by atoms with van der Waals surface area (Å²) in [6, 6.07) is 4.04. The number of aromatic nitrogens is 4. The van der Waals surface area contributed by atoms with Gasteiger partial charge in [0, 0.05) is 54.1 Å². The molecule has 1 N–H and O–H groups in total. The van der Waals surface area contributed by atoms with Gasteiger partial charge in [0.05, 0.1) is 10.7 Å². The largest absolute Gasteiger partial charge is 0.444 e. The molecule has 0 bridgehead atoms. The number of carbonyl (C=O) groups excluding carboxylic acids is 1. The lowest BCUT2D eigenvalue weighted by Crippen LogP contribution is -2.37. The third-order valence-corrected chi connectivity index (χ3v) is 6.33. The van der Waals surface area contributed by atoms with E-state index in [4.69, 9.17) is 21.4 Å². The normalized spacial score (nSPS) is 21.3. The van der Waals surface area contributed by atoms with Gasteiger partial charge in [-0.3, -0.25) is 4.68 Å². The van der Waals surface area contributed by atoms with Gasteiger partial charge >= 0.3 is 6.09 Å². The molecule has 29 heavy (non-hydrogen) atoms. The Kier molecular flexibility index (Phi) is 3.97. The molecule has 1 fully saturated rings. The number of carbonyl (C=O) groups is 1. The average molecular weight is 414 g/mol. The third-order valence-electron chi connectivity index (χ3n) is 5.93. The van der Waals surface area contributed by atoms with Crippen molar-refractivity contribution in [2.75, 3.05) is 13.1 Å². The Balaban J connectivity index is 1.45. The van der Waals surface area contributed by atoms with Crippen molar-refractivity contribution in [1.82, 2.24) is 24.6 Å². The molecule has 1 spiro atoms. The quantitative estimate of drug-likeness (QED) is 0.643. The minimum Gasteiger partial charge on any atom is -0.444 e. The van der Waals surface area contributed by atoms with Gasteiger partial charge in [-0.25, -0.2) is 9.78 Å². The highest BCUT2D eigenvalue weighted by Gasteiger charge is 2.47. The molecule has 7 nitrogen and oxygen atoms in total. The van der Waals surface area contributed by atoms with E-state index in [1.165, 1.54) is 5.69 Å². The van der Waals surface area contributed by atoms with Gasteiger partial charge in [-0.05, 0) is 45.7 Å². The van der Waals surface area contributed by atoms with E-state index in [0.29, 0.717) is 18.1 Å². The molecule has 3 aromatic rings. The van der Waals surface area contributed by atoms with Crippen LogP contribution in [-0.2, 0) is 16.7 Å². The summed E-state index contributed by atoms with van der Waals surface area (Å²) < 4.78 is 7.63. The number of nitrogens with zero attached hydrogens (tertiary/aromatic N) is 4. The first kappa shape index (κ1) is 18.5. The molecule has 3 aromatic heterocycles. The van der Waals surface area contributed by atoms with Gasteiger partial charge in [-0.1, -0.05) is 11.6 Å². The molecule has 1 unspecified atom stereocenters. The number of pyridine rings is 1. The maximum atomic E-state index is 12.5. The molecule has 8 heteroatoms. The Morgan fingerprint density at radius 3 is 2.90 bits per heavy atom. The summed E-state index contributed by atoms with van der Waals surface area (Å²) in [5.74, 6) is 0. The summed E-state index contributed by atoms with van der Waals surface area (Å²) in [7, 11) is 0. The predicted octanol–water partition coefficient (Wildman–Crippen LogP) is 4.36. The van der Waals surface area contributed by atoms with Crippen molar-refractivity contribution >= 4 is 28.7 Å². The number of H-pyrrole nitrogens is 1. The van der Waals surface area contributed by atoms with Crippen molar-refractivity contribution in [3.8, 4) is 11.3 Å². The molecule has 2 aliphatic heterocycles. The second-order valence-corrected chi connectivity index (χ2v) is 9.42. The predicted molar refractivity (Wildman–Crippen MR) is 111 cm³/mol. The number of rotatable bonds is 1. The van der Waals surface area contributed by atoms with E-state index in [-0.39, 0.29) is 11.5 Å². The number of nitrogens with one attached hydrogen (secondary N) is 1. The first-order valence-corrected chi connectivity index (χ1v) is 10.3. The molecular weight excluding hydrogens is 390 g/mol. The number of aromatic amines is 1. The number of amides is 1. The minimum absolute atomic E-state index is 0.0692. The van der Waals surface area contributed by atoms with Gasteiger partial charge in [-0.15, -0.1) is 0 Å². The molecule has 0 saturated carbocycles. The van der Waals surface area contributed by atoms with E-state index in [0.717, 1.165) is 41.7 Å². The maximum Gasteiger partial charge on any atom is 0.410 e. The lowest BCUT2D eigenvalue weighted by Gasteiger charge is -2.26. The fraction of sp³-hybridized carbons (Fsp3) is 0.476. The van der Waals surface area contributed by atoms with Crippen LogP contribution in [0.3, 0.4) is 0 Å². The van der Waals surface area contributed by atoms with E-state index >= 15 is 0 Å². The SMILES string of the molecule is CC(C)(C)OC(=O)N1CCC2(CCn3nc(-c4cnc5[nH]ccc5c4Cl)cc32)C1. The van der Waals surface area contributed by atoms with Crippen LogP contribution in [0.2, 0.25) is 5.02 Å². The standard InChI is InChI=1S/C21H24ClN5O2/c1-20(2,3)29-19(28)26-8-5-21(12-26)6-9-27-16(21)10-15(25-27)14-11-24-18-13(17(14)22)4-7-23-18/h4,7,10-11H,5-6,8-9,12H2,1-3H3,(H,23,24). The van der Waals surface area contributed by atoms with Gasteiger partial charge in [0.15, 0.2) is 0 Å². The van der Waals surface area contributed by atoms with E-state index in [2.05, 4.69) is 20.7 Å². The molecule has 152 valence electrons. The molecule has 5 rings (SSSR count). The van der Waals surface area contributed by atoms with Gasteiger partial charge in [0.1, 0.15) is 11.2 Å². The Morgan fingerprint density at radius 2 is 2.10 bits per heavy atom. The number of hydrogen-bond acceptors (Lipinski definition) is 4. The lowest BCUT2D eigenvalue weighted by molar-refractivity contribution is 0.0284. The zero-order valence-corrected chi connectivity index (χ0v) is 17.6. The molecule has 5 heterocycles. The summed E-state index contributed by atoms with van der Waals surface area (Å²) in [6.45, 7) is 7.89. The third kappa shape index (κ3) is 2.99. The topological polar surface area (TPSA) is 76.0 Å². The van der Waals surface area contributed by atoms with Crippen LogP contribution in [0.15, 0.2) is 24.5 Å². The van der Waals surface area contributed by atoms with E-state index in [1.54, 1.807) is 6.20 Å². The average Bonchev–Trinajstić information content (AvgIpc) is 3.40. The number of ether oxygens (including phenoxy) is 1. The zero-order chi connectivity index (χ0) is 20.4. The Labute approximate surface area is 174 Å². The maximum absolute atomic E-state index is 12.5. The van der Waals surface area contributed by atoms with Crippen LogP contribution in [0.5, 0.6) is 0 Å². The van der Waals surface area contributed by atoms with Crippen molar-refractivity contribution in [3.05, 3.63) is 35.2 Å². The number of halogens is 1. The molecule has 1 atom stereocenters. The van der Waals surface area contributed by atoms with E-state index in [1.807, 2.05) is 37.9 Å². The van der Waals surface area contributed by atoms with Crippen LogP contribution in [0.1, 0.15) is 39.3 Å². The van der Waals surface area contributed by atoms with Crippen molar-refractivity contribution in [2.45, 2.75) is 51.2 Å². The molecule has 0 aliphatic carbocycles. The number of aryl methyl sites for hydroxylation is 1. The first-order chi connectivity index (χ1) is 13.8. The summed E-state index contributed by atoms with van der Waals surface area (Å²) in [5.41, 5.74) is 3.04. The van der Waals surface area contributed by atoms with Gasteiger partial charge < -0.3 is 14.6 Å². The second-order valence-electron chi connectivity index (χ2n) is 9.05. The van der Waals surface area contributed by atoms with Crippen LogP contribution in [-0.4, -0.2) is 49.4 Å². The monoisotopic (exact) mass is 413 g/mol. The minimum atomic E-state index is -0.488. The first-order valence-electron chi connectivity index (χ1n) is 9.94. The van der Waals surface area contributed by atoms with Crippen molar-refractivity contribution in [2.24, 2.45) is 0 Å². The number of fused-ring (bicyclic) bond motifs is 3. The summed E-state index contributed by atoms with van der Waals surface area (Å²) in [4.78, 5) is 21.9. The summed E-state index contributed by atoms with van der Waals surface area (Å²) in [6.07, 6.45) is 5.27. The Morgan fingerprint density at radius 1 is 1.31 bits per heavy atom. The number of hydrogen-bond donors (Lipinski definition) is 1. The molecular formula is C21H24ClN5O2. The van der Waals surface area contributed by atoms with Crippen molar-refractivity contribution in [1.29, 1.82) is 0 Å². The molecule has 1 amide bonds.